The Hall–Kier alpha value is -1.38. The lowest BCUT2D eigenvalue weighted by atomic mass is 10.1. The Labute approximate surface area is 89.6 Å². The van der Waals surface area contributed by atoms with Gasteiger partial charge in [-0.2, -0.15) is 9.98 Å². The van der Waals surface area contributed by atoms with Crippen LogP contribution < -0.4 is 4.72 Å². The molecule has 15 heavy (non-hydrogen) atoms. The van der Waals surface area contributed by atoms with Gasteiger partial charge >= 0.3 is 0 Å². The predicted octanol–water partition coefficient (Wildman–Crippen LogP) is 1.11. The van der Waals surface area contributed by atoms with Gasteiger partial charge in [0, 0.05) is 0 Å². The highest BCUT2D eigenvalue weighted by Gasteiger charge is 2.13. The molecule has 0 radical (unpaired) electrons. The fourth-order valence-electron chi connectivity index (χ4n) is 1.09. The summed E-state index contributed by atoms with van der Waals surface area (Å²) in [4.78, 5) is 0.195. The number of hydrogen-bond donors (Lipinski definition) is 1. The zero-order chi connectivity index (χ0) is 11.5. The van der Waals surface area contributed by atoms with Crippen LogP contribution in [0.25, 0.3) is 0 Å². The van der Waals surface area contributed by atoms with Crippen molar-refractivity contribution in [2.75, 3.05) is 6.54 Å². The highest BCUT2D eigenvalue weighted by atomic mass is 32.2. The average molecular weight is 224 g/mol. The van der Waals surface area contributed by atoms with Crippen molar-refractivity contribution in [2.45, 2.75) is 18.7 Å². The maximum Gasteiger partial charge on any atom is 0.241 e. The van der Waals surface area contributed by atoms with E-state index in [-0.39, 0.29) is 11.4 Å². The van der Waals surface area contributed by atoms with Gasteiger partial charge < -0.3 is 0 Å². The van der Waals surface area contributed by atoms with E-state index in [1.165, 1.54) is 6.07 Å². The molecule has 0 amide bonds. The summed E-state index contributed by atoms with van der Waals surface area (Å²) < 4.78 is 25.4. The third-order valence-corrected chi connectivity index (χ3v) is 3.53. The van der Waals surface area contributed by atoms with Crippen LogP contribution >= 0.6 is 0 Å². The molecular formula is C10H12N2O2S. The molecule has 0 unspecified atom stereocenters. The molecule has 0 bridgehead atoms. The summed E-state index contributed by atoms with van der Waals surface area (Å²) in [5.74, 6) is 0. The van der Waals surface area contributed by atoms with Crippen LogP contribution in [-0.2, 0) is 10.0 Å². The minimum atomic E-state index is -3.53. The van der Waals surface area contributed by atoms with Gasteiger partial charge in [-0.1, -0.05) is 6.07 Å². The Balaban J connectivity index is 3.07. The number of sulfonamides is 1. The molecule has 0 saturated heterocycles. The molecular weight excluding hydrogens is 212 g/mol. The zero-order valence-electron chi connectivity index (χ0n) is 8.61. The van der Waals surface area contributed by atoms with E-state index < -0.39 is 10.0 Å². The molecule has 0 saturated carbocycles. The average Bonchev–Trinajstić information content (AvgIpc) is 2.19. The Morgan fingerprint density at radius 3 is 2.53 bits per heavy atom. The number of nitrogens with zero attached hydrogens (tertiary/aromatic N) is 1. The van der Waals surface area contributed by atoms with Crippen molar-refractivity contribution in [3.05, 3.63) is 29.3 Å². The predicted molar refractivity (Wildman–Crippen MR) is 56.7 cm³/mol. The van der Waals surface area contributed by atoms with E-state index in [9.17, 15) is 8.42 Å². The van der Waals surface area contributed by atoms with Crippen LogP contribution in [0.1, 0.15) is 11.1 Å². The molecule has 0 spiro atoms. The van der Waals surface area contributed by atoms with Gasteiger partial charge in [0.25, 0.3) is 0 Å². The maximum atomic E-state index is 11.6. The maximum absolute atomic E-state index is 11.6. The summed E-state index contributed by atoms with van der Waals surface area (Å²) in [6.45, 7) is 3.54. The van der Waals surface area contributed by atoms with Gasteiger partial charge in [-0.05, 0) is 37.1 Å². The molecule has 0 fully saturated rings. The van der Waals surface area contributed by atoms with E-state index in [2.05, 4.69) is 4.72 Å². The van der Waals surface area contributed by atoms with Gasteiger partial charge in [-0.25, -0.2) is 8.42 Å². The summed E-state index contributed by atoms with van der Waals surface area (Å²) in [5.41, 5.74) is 1.95. The first kappa shape index (κ1) is 11.7. The van der Waals surface area contributed by atoms with Crippen LogP contribution in [-0.4, -0.2) is 15.0 Å². The number of benzene rings is 1. The van der Waals surface area contributed by atoms with Crippen molar-refractivity contribution >= 4 is 10.0 Å². The Morgan fingerprint density at radius 1 is 1.33 bits per heavy atom. The molecule has 1 N–H and O–H groups in total. The molecule has 0 aliphatic rings. The lowest BCUT2D eigenvalue weighted by Crippen LogP contribution is -2.23. The summed E-state index contributed by atoms with van der Waals surface area (Å²) in [5, 5.41) is 8.30. The highest BCUT2D eigenvalue weighted by molar-refractivity contribution is 7.89. The summed E-state index contributed by atoms with van der Waals surface area (Å²) in [6, 6.07) is 6.60. The van der Waals surface area contributed by atoms with E-state index in [1.54, 1.807) is 18.2 Å². The van der Waals surface area contributed by atoms with E-state index >= 15 is 0 Å². The second kappa shape index (κ2) is 4.43. The monoisotopic (exact) mass is 224 g/mol. The number of rotatable bonds is 3. The number of nitriles is 1. The third kappa shape index (κ3) is 2.78. The fraction of sp³-hybridized carbons (Fsp3) is 0.300. The minimum absolute atomic E-state index is 0.195. The van der Waals surface area contributed by atoms with Gasteiger partial charge in [0.05, 0.1) is 17.5 Å². The van der Waals surface area contributed by atoms with Crippen LogP contribution in [0.3, 0.4) is 0 Å². The molecule has 1 aromatic carbocycles. The van der Waals surface area contributed by atoms with Gasteiger partial charge in [-0.3, -0.25) is 0 Å². The zero-order valence-corrected chi connectivity index (χ0v) is 9.43. The second-order valence-corrected chi connectivity index (χ2v) is 5.00. The quantitative estimate of drug-likeness (QED) is 0.782. The largest absolute Gasteiger partial charge is 0.241 e. The molecule has 0 aliphatic carbocycles. The van der Waals surface area contributed by atoms with Crippen LogP contribution in [0.5, 0.6) is 0 Å². The van der Waals surface area contributed by atoms with Gasteiger partial charge in [0.15, 0.2) is 0 Å². The van der Waals surface area contributed by atoms with Gasteiger partial charge in [0.1, 0.15) is 0 Å². The molecule has 1 aromatic rings. The van der Waals surface area contributed by atoms with Gasteiger partial charge in [-0.15, -0.1) is 0 Å². The topological polar surface area (TPSA) is 70.0 Å². The van der Waals surface area contributed by atoms with Crippen LogP contribution in [0.4, 0.5) is 0 Å². The Morgan fingerprint density at radius 2 is 2.00 bits per heavy atom. The van der Waals surface area contributed by atoms with E-state index in [4.69, 9.17) is 5.26 Å². The van der Waals surface area contributed by atoms with Crippen LogP contribution in [0.2, 0.25) is 0 Å². The number of aryl methyl sites for hydroxylation is 2. The molecule has 0 heterocycles. The van der Waals surface area contributed by atoms with E-state index in [0.717, 1.165) is 11.1 Å². The molecule has 0 aliphatic heterocycles. The van der Waals surface area contributed by atoms with Crippen molar-refractivity contribution in [1.82, 2.24) is 4.72 Å². The first-order valence-corrected chi connectivity index (χ1v) is 5.89. The van der Waals surface area contributed by atoms with Crippen LogP contribution in [0.15, 0.2) is 23.1 Å². The molecule has 0 aromatic heterocycles. The van der Waals surface area contributed by atoms with E-state index in [1.807, 2.05) is 13.8 Å². The van der Waals surface area contributed by atoms with Crippen molar-refractivity contribution in [2.24, 2.45) is 0 Å². The fourth-order valence-corrected chi connectivity index (χ4v) is 2.09. The van der Waals surface area contributed by atoms with Crippen molar-refractivity contribution in [1.29, 1.82) is 5.26 Å². The Bertz CT molecular complexity index is 501. The smallest absolute Gasteiger partial charge is 0.207 e. The summed E-state index contributed by atoms with van der Waals surface area (Å²) in [6.07, 6.45) is 0. The lowest BCUT2D eigenvalue weighted by Gasteiger charge is -2.06. The number of nitrogens with one attached hydrogen (secondary N) is 1. The minimum Gasteiger partial charge on any atom is -0.207 e. The standard InChI is InChI=1S/C10H12N2O2S/c1-8-3-4-10(7-9(8)2)15(13,14)12-6-5-11/h3-4,7,12H,6H2,1-2H3. The molecule has 1 rings (SSSR count). The highest BCUT2D eigenvalue weighted by Crippen LogP contribution is 2.14. The van der Waals surface area contributed by atoms with Crippen molar-refractivity contribution in [3.63, 3.8) is 0 Å². The SMILES string of the molecule is Cc1ccc(S(=O)(=O)NCC#N)cc1C. The van der Waals surface area contributed by atoms with Gasteiger partial charge in [0.2, 0.25) is 10.0 Å². The van der Waals surface area contributed by atoms with Crippen molar-refractivity contribution < 1.29 is 8.42 Å². The Kier molecular flexibility index (Phi) is 3.45. The number of hydrogen-bond acceptors (Lipinski definition) is 3. The van der Waals surface area contributed by atoms with Crippen LogP contribution in [0, 0.1) is 25.2 Å². The normalized spacial score (nSPS) is 11.0. The molecule has 80 valence electrons. The summed E-state index contributed by atoms with van der Waals surface area (Å²) >= 11 is 0. The second-order valence-electron chi connectivity index (χ2n) is 3.23. The molecule has 5 heteroatoms. The molecule has 0 atom stereocenters. The first-order valence-electron chi connectivity index (χ1n) is 4.41. The lowest BCUT2D eigenvalue weighted by molar-refractivity contribution is 0.586. The summed E-state index contributed by atoms with van der Waals surface area (Å²) in [7, 11) is -3.53. The van der Waals surface area contributed by atoms with Crippen molar-refractivity contribution in [3.8, 4) is 6.07 Å². The first-order chi connectivity index (χ1) is 6.97. The molecule has 4 nitrogen and oxygen atoms in total. The third-order valence-electron chi connectivity index (χ3n) is 2.13. The van der Waals surface area contributed by atoms with E-state index in [0.29, 0.717) is 0 Å².